The predicted octanol–water partition coefficient (Wildman–Crippen LogP) is 2.25. The zero-order valence-corrected chi connectivity index (χ0v) is 12.3. The fourth-order valence-electron chi connectivity index (χ4n) is 1.76. The minimum atomic E-state index is -3.29. The molecule has 0 aliphatic rings. The third-order valence-corrected chi connectivity index (χ3v) is 3.31. The van der Waals surface area contributed by atoms with Gasteiger partial charge in [0.25, 0.3) is 0 Å². The molecule has 2 aromatic rings. The van der Waals surface area contributed by atoms with Gasteiger partial charge in [-0.2, -0.15) is 0 Å². The first-order valence-electron chi connectivity index (χ1n) is 6.34. The first-order chi connectivity index (χ1) is 9.92. The molecule has 1 aromatic heterocycles. The van der Waals surface area contributed by atoms with Gasteiger partial charge in [-0.1, -0.05) is 12.1 Å². The summed E-state index contributed by atoms with van der Waals surface area (Å²) in [6, 6.07) is 9.66. The van der Waals surface area contributed by atoms with Crippen LogP contribution in [-0.2, 0) is 16.4 Å². The fourth-order valence-corrected chi connectivity index (χ4v) is 2.31. The largest absolute Gasteiger partial charge is 0.370 e. The molecule has 0 spiro atoms. The Morgan fingerprint density at radius 3 is 2.43 bits per heavy atom. The second-order valence-electron chi connectivity index (χ2n) is 4.61. The standard InChI is InChI=1S/C14H16FN3O2S/c1-21(19,20)18-13-6-7-14(17-10-13)16-9-8-11-2-4-12(15)5-3-11/h2-7,10,18H,8-9H2,1H3,(H,16,17). The van der Waals surface area contributed by atoms with Crippen LogP contribution in [-0.4, -0.2) is 26.2 Å². The van der Waals surface area contributed by atoms with E-state index in [0.717, 1.165) is 18.2 Å². The number of hydrogen-bond donors (Lipinski definition) is 2. The van der Waals surface area contributed by atoms with Gasteiger partial charge < -0.3 is 5.32 Å². The molecule has 7 heteroatoms. The molecule has 1 aromatic carbocycles. The number of benzene rings is 1. The van der Waals surface area contributed by atoms with Crippen molar-refractivity contribution in [3.63, 3.8) is 0 Å². The van der Waals surface area contributed by atoms with Crippen LogP contribution >= 0.6 is 0 Å². The van der Waals surface area contributed by atoms with Gasteiger partial charge >= 0.3 is 0 Å². The summed E-state index contributed by atoms with van der Waals surface area (Å²) in [5.41, 5.74) is 1.45. The highest BCUT2D eigenvalue weighted by Gasteiger charge is 2.02. The fraction of sp³-hybridized carbons (Fsp3) is 0.214. The second kappa shape index (κ2) is 6.53. The summed E-state index contributed by atoms with van der Waals surface area (Å²) in [6.45, 7) is 0.650. The lowest BCUT2D eigenvalue weighted by Crippen LogP contribution is -2.10. The molecule has 0 bridgehead atoms. The first kappa shape index (κ1) is 15.2. The maximum absolute atomic E-state index is 12.8. The number of nitrogens with zero attached hydrogens (tertiary/aromatic N) is 1. The highest BCUT2D eigenvalue weighted by molar-refractivity contribution is 7.92. The van der Waals surface area contributed by atoms with Gasteiger partial charge in [-0.15, -0.1) is 0 Å². The minimum Gasteiger partial charge on any atom is -0.370 e. The van der Waals surface area contributed by atoms with Crippen molar-refractivity contribution in [3.8, 4) is 0 Å². The van der Waals surface area contributed by atoms with Gasteiger partial charge in [0, 0.05) is 6.54 Å². The summed E-state index contributed by atoms with van der Waals surface area (Å²) in [6.07, 6.45) is 3.27. The second-order valence-corrected chi connectivity index (χ2v) is 6.36. The van der Waals surface area contributed by atoms with Gasteiger partial charge in [-0.3, -0.25) is 4.72 Å². The van der Waals surface area contributed by atoms with E-state index in [1.54, 1.807) is 24.3 Å². The van der Waals surface area contributed by atoms with Crippen molar-refractivity contribution >= 4 is 21.5 Å². The van der Waals surface area contributed by atoms with Crippen LogP contribution < -0.4 is 10.0 Å². The Kier molecular flexibility index (Phi) is 4.74. The van der Waals surface area contributed by atoms with Gasteiger partial charge in [0.1, 0.15) is 11.6 Å². The summed E-state index contributed by atoms with van der Waals surface area (Å²) in [5.74, 6) is 0.401. The van der Waals surface area contributed by atoms with E-state index in [0.29, 0.717) is 18.1 Å². The molecule has 0 saturated heterocycles. The predicted molar refractivity (Wildman–Crippen MR) is 81.3 cm³/mol. The van der Waals surface area contributed by atoms with E-state index < -0.39 is 10.0 Å². The molecule has 0 saturated carbocycles. The summed E-state index contributed by atoms with van der Waals surface area (Å²) in [4.78, 5) is 4.11. The molecule has 0 fully saturated rings. The Morgan fingerprint density at radius 1 is 1.14 bits per heavy atom. The Morgan fingerprint density at radius 2 is 1.86 bits per heavy atom. The average molecular weight is 309 g/mol. The lowest BCUT2D eigenvalue weighted by molar-refractivity contribution is 0.606. The van der Waals surface area contributed by atoms with Gasteiger partial charge in [0.2, 0.25) is 10.0 Å². The van der Waals surface area contributed by atoms with Crippen LogP contribution in [0.4, 0.5) is 15.9 Å². The molecule has 1 heterocycles. The summed E-state index contributed by atoms with van der Waals surface area (Å²) in [7, 11) is -3.29. The van der Waals surface area contributed by atoms with Crippen molar-refractivity contribution in [2.24, 2.45) is 0 Å². The molecule has 5 nitrogen and oxygen atoms in total. The Labute approximate surface area is 123 Å². The molecule has 0 amide bonds. The van der Waals surface area contributed by atoms with Crippen LogP contribution in [0.1, 0.15) is 5.56 Å². The van der Waals surface area contributed by atoms with E-state index in [2.05, 4.69) is 15.0 Å². The number of hydrogen-bond acceptors (Lipinski definition) is 4. The summed E-state index contributed by atoms with van der Waals surface area (Å²) < 4.78 is 37.2. The number of pyridine rings is 1. The van der Waals surface area contributed by atoms with Crippen molar-refractivity contribution < 1.29 is 12.8 Å². The monoisotopic (exact) mass is 309 g/mol. The van der Waals surface area contributed by atoms with Crippen molar-refractivity contribution in [2.75, 3.05) is 22.8 Å². The topological polar surface area (TPSA) is 71.1 Å². The maximum atomic E-state index is 12.8. The van der Waals surface area contributed by atoms with Crippen LogP contribution in [0.25, 0.3) is 0 Å². The summed E-state index contributed by atoms with van der Waals surface area (Å²) in [5, 5.41) is 3.12. The number of aromatic nitrogens is 1. The van der Waals surface area contributed by atoms with Gasteiger partial charge in [-0.05, 0) is 36.2 Å². The van der Waals surface area contributed by atoms with Crippen molar-refractivity contribution in [1.82, 2.24) is 4.98 Å². The zero-order chi connectivity index (χ0) is 15.3. The molecule has 0 atom stereocenters. The molecule has 0 unspecified atom stereocenters. The molecular formula is C14H16FN3O2S. The number of anilines is 2. The molecular weight excluding hydrogens is 293 g/mol. The first-order valence-corrected chi connectivity index (χ1v) is 8.24. The molecule has 0 aliphatic carbocycles. The smallest absolute Gasteiger partial charge is 0.229 e. The maximum Gasteiger partial charge on any atom is 0.229 e. The Balaban J connectivity index is 1.85. The Bertz CT molecular complexity index is 685. The number of nitrogens with one attached hydrogen (secondary N) is 2. The zero-order valence-electron chi connectivity index (χ0n) is 11.5. The van der Waals surface area contributed by atoms with Gasteiger partial charge in [-0.25, -0.2) is 17.8 Å². The average Bonchev–Trinajstić information content (AvgIpc) is 2.41. The molecule has 0 aliphatic heterocycles. The molecule has 112 valence electrons. The van der Waals surface area contributed by atoms with Crippen LogP contribution in [0.3, 0.4) is 0 Å². The van der Waals surface area contributed by atoms with E-state index in [1.165, 1.54) is 18.3 Å². The molecule has 0 radical (unpaired) electrons. The number of sulfonamides is 1. The van der Waals surface area contributed by atoms with Crippen molar-refractivity contribution in [1.29, 1.82) is 0 Å². The van der Waals surface area contributed by atoms with E-state index in [9.17, 15) is 12.8 Å². The lowest BCUT2D eigenvalue weighted by Gasteiger charge is -2.07. The van der Waals surface area contributed by atoms with Crippen molar-refractivity contribution in [2.45, 2.75) is 6.42 Å². The quantitative estimate of drug-likeness (QED) is 0.858. The van der Waals surface area contributed by atoms with Gasteiger partial charge in [0.15, 0.2) is 0 Å². The highest BCUT2D eigenvalue weighted by atomic mass is 32.2. The SMILES string of the molecule is CS(=O)(=O)Nc1ccc(NCCc2ccc(F)cc2)nc1. The Hall–Kier alpha value is -2.15. The minimum absolute atomic E-state index is 0.248. The molecule has 2 rings (SSSR count). The van der Waals surface area contributed by atoms with E-state index in [1.807, 2.05) is 0 Å². The van der Waals surface area contributed by atoms with Crippen LogP contribution in [0, 0.1) is 5.82 Å². The normalized spacial score (nSPS) is 11.1. The van der Waals surface area contributed by atoms with Crippen LogP contribution in [0.15, 0.2) is 42.6 Å². The number of halogens is 1. The van der Waals surface area contributed by atoms with E-state index in [-0.39, 0.29) is 5.82 Å². The third kappa shape index (κ3) is 5.39. The molecule has 21 heavy (non-hydrogen) atoms. The van der Waals surface area contributed by atoms with Gasteiger partial charge in [0.05, 0.1) is 18.1 Å². The lowest BCUT2D eigenvalue weighted by atomic mass is 10.1. The number of rotatable bonds is 6. The van der Waals surface area contributed by atoms with Crippen LogP contribution in [0.2, 0.25) is 0 Å². The third-order valence-electron chi connectivity index (χ3n) is 2.70. The molecule has 2 N–H and O–H groups in total. The van der Waals surface area contributed by atoms with Crippen LogP contribution in [0.5, 0.6) is 0 Å². The highest BCUT2D eigenvalue weighted by Crippen LogP contribution is 2.11. The van der Waals surface area contributed by atoms with E-state index >= 15 is 0 Å². The van der Waals surface area contributed by atoms with Crippen molar-refractivity contribution in [3.05, 3.63) is 54.0 Å². The summed E-state index contributed by atoms with van der Waals surface area (Å²) >= 11 is 0. The van der Waals surface area contributed by atoms with E-state index in [4.69, 9.17) is 0 Å².